The van der Waals surface area contributed by atoms with Crippen molar-refractivity contribution >= 4 is 27.1 Å². The van der Waals surface area contributed by atoms with Gasteiger partial charge in [-0.05, 0) is 6.07 Å². The van der Waals surface area contributed by atoms with Crippen LogP contribution in [0.1, 0.15) is 0 Å². The maximum atomic E-state index is 11.3. The Bertz CT molecular complexity index is 456. The fourth-order valence-corrected chi connectivity index (χ4v) is 2.07. The Labute approximate surface area is 87.5 Å². The molecule has 4 nitrogen and oxygen atoms in total. The lowest BCUT2D eigenvalue weighted by Crippen LogP contribution is -2.02. The van der Waals surface area contributed by atoms with E-state index in [1.165, 1.54) is 19.2 Å². The molecule has 0 aromatic heterocycles. The average molecular weight is 236 g/mol. The van der Waals surface area contributed by atoms with E-state index in [1.54, 1.807) is 0 Å². The van der Waals surface area contributed by atoms with E-state index in [0.29, 0.717) is 0 Å². The summed E-state index contributed by atoms with van der Waals surface area (Å²) in [5.41, 5.74) is 5.79. The highest BCUT2D eigenvalue weighted by Crippen LogP contribution is 2.31. The van der Waals surface area contributed by atoms with E-state index in [9.17, 15) is 8.42 Å². The minimum Gasteiger partial charge on any atom is -0.495 e. The second-order valence-electron chi connectivity index (χ2n) is 2.80. The zero-order valence-electron chi connectivity index (χ0n) is 7.74. The SMILES string of the molecule is COc1cc(N)c(Cl)cc1S(C)(=O)=O. The van der Waals surface area contributed by atoms with Crippen LogP contribution < -0.4 is 10.5 Å². The van der Waals surface area contributed by atoms with Gasteiger partial charge in [0.25, 0.3) is 0 Å². The first-order valence-electron chi connectivity index (χ1n) is 3.69. The van der Waals surface area contributed by atoms with Gasteiger partial charge in [0.2, 0.25) is 0 Å². The standard InChI is InChI=1S/C8H10ClNO3S/c1-13-7-4-6(10)5(9)3-8(7)14(2,11)12/h3-4H,10H2,1-2H3. The number of methoxy groups -OCH3 is 1. The van der Waals surface area contributed by atoms with Crippen molar-refractivity contribution in [2.24, 2.45) is 0 Å². The molecule has 0 aliphatic heterocycles. The van der Waals surface area contributed by atoms with Gasteiger partial charge in [0, 0.05) is 12.3 Å². The smallest absolute Gasteiger partial charge is 0.179 e. The number of anilines is 1. The molecular formula is C8H10ClNO3S. The molecule has 0 atom stereocenters. The minimum atomic E-state index is -3.35. The average Bonchev–Trinajstić information content (AvgIpc) is 2.07. The van der Waals surface area contributed by atoms with Gasteiger partial charge in [0.1, 0.15) is 10.6 Å². The minimum absolute atomic E-state index is 0.0409. The molecule has 0 spiro atoms. The first-order chi connectivity index (χ1) is 6.36. The third-order valence-corrected chi connectivity index (χ3v) is 3.13. The van der Waals surface area contributed by atoms with Gasteiger partial charge in [-0.15, -0.1) is 0 Å². The van der Waals surface area contributed by atoms with Crippen LogP contribution in [0.4, 0.5) is 5.69 Å². The van der Waals surface area contributed by atoms with E-state index in [4.69, 9.17) is 22.1 Å². The summed E-state index contributed by atoms with van der Waals surface area (Å²) in [5.74, 6) is 0.203. The van der Waals surface area contributed by atoms with E-state index in [0.717, 1.165) is 6.26 Å². The van der Waals surface area contributed by atoms with Crippen molar-refractivity contribution in [1.82, 2.24) is 0 Å². The number of benzene rings is 1. The molecule has 0 radical (unpaired) electrons. The van der Waals surface area contributed by atoms with Crippen LogP contribution in [0, 0.1) is 0 Å². The molecule has 14 heavy (non-hydrogen) atoms. The molecule has 1 aromatic rings. The van der Waals surface area contributed by atoms with Crippen LogP contribution in [-0.2, 0) is 9.84 Å². The predicted octanol–water partition coefficient (Wildman–Crippen LogP) is 1.33. The summed E-state index contributed by atoms with van der Waals surface area (Å²) in [6, 6.07) is 2.67. The number of hydrogen-bond acceptors (Lipinski definition) is 4. The van der Waals surface area contributed by atoms with Crippen LogP contribution in [0.15, 0.2) is 17.0 Å². The van der Waals surface area contributed by atoms with Crippen molar-refractivity contribution in [3.8, 4) is 5.75 Å². The third-order valence-electron chi connectivity index (χ3n) is 1.68. The van der Waals surface area contributed by atoms with Gasteiger partial charge in [0.15, 0.2) is 9.84 Å². The van der Waals surface area contributed by atoms with E-state index in [-0.39, 0.29) is 21.4 Å². The Morgan fingerprint density at radius 2 is 2.00 bits per heavy atom. The quantitative estimate of drug-likeness (QED) is 0.786. The summed E-state index contributed by atoms with van der Waals surface area (Å²) in [5, 5.41) is 0.200. The lowest BCUT2D eigenvalue weighted by molar-refractivity contribution is 0.403. The number of rotatable bonds is 2. The Morgan fingerprint density at radius 1 is 1.43 bits per heavy atom. The molecule has 0 aliphatic rings. The van der Waals surface area contributed by atoms with Crippen molar-refractivity contribution in [3.05, 3.63) is 17.2 Å². The van der Waals surface area contributed by atoms with E-state index >= 15 is 0 Å². The van der Waals surface area contributed by atoms with E-state index in [1.807, 2.05) is 0 Å². The summed E-state index contributed by atoms with van der Waals surface area (Å²) in [7, 11) is -1.98. The molecule has 0 fully saturated rings. The molecule has 1 rings (SSSR count). The summed E-state index contributed by atoms with van der Waals surface area (Å²) in [6.07, 6.45) is 1.08. The van der Waals surface area contributed by atoms with Crippen LogP contribution in [0.25, 0.3) is 0 Å². The first kappa shape index (κ1) is 11.1. The molecule has 0 aliphatic carbocycles. The molecule has 0 bridgehead atoms. The second kappa shape index (κ2) is 3.67. The lowest BCUT2D eigenvalue weighted by atomic mass is 10.3. The van der Waals surface area contributed by atoms with Crippen molar-refractivity contribution in [3.63, 3.8) is 0 Å². The third kappa shape index (κ3) is 2.10. The summed E-state index contributed by atoms with van der Waals surface area (Å²) >= 11 is 5.70. The number of nitrogens with two attached hydrogens (primary N) is 1. The molecule has 2 N–H and O–H groups in total. The van der Waals surface area contributed by atoms with E-state index < -0.39 is 9.84 Å². The van der Waals surface area contributed by atoms with Gasteiger partial charge in [-0.3, -0.25) is 0 Å². The van der Waals surface area contributed by atoms with E-state index in [2.05, 4.69) is 0 Å². The fraction of sp³-hybridized carbons (Fsp3) is 0.250. The number of hydrogen-bond donors (Lipinski definition) is 1. The molecular weight excluding hydrogens is 226 g/mol. The Kier molecular flexibility index (Phi) is 2.92. The maximum Gasteiger partial charge on any atom is 0.179 e. The molecule has 0 heterocycles. The van der Waals surface area contributed by atoms with Gasteiger partial charge in [-0.2, -0.15) is 0 Å². The lowest BCUT2D eigenvalue weighted by Gasteiger charge is -2.08. The summed E-state index contributed by atoms with van der Waals surface area (Å²) < 4.78 is 27.5. The van der Waals surface area contributed by atoms with Crippen molar-refractivity contribution in [2.75, 3.05) is 19.1 Å². The topological polar surface area (TPSA) is 69.4 Å². The molecule has 0 unspecified atom stereocenters. The Hall–Kier alpha value is -0.940. The fourth-order valence-electron chi connectivity index (χ4n) is 1.00. The first-order valence-corrected chi connectivity index (χ1v) is 5.96. The monoisotopic (exact) mass is 235 g/mol. The van der Waals surface area contributed by atoms with Gasteiger partial charge in [-0.25, -0.2) is 8.42 Å². The normalized spacial score (nSPS) is 11.4. The van der Waals surface area contributed by atoms with Crippen LogP contribution in [0.2, 0.25) is 5.02 Å². The van der Waals surface area contributed by atoms with Crippen molar-refractivity contribution < 1.29 is 13.2 Å². The number of halogens is 1. The van der Waals surface area contributed by atoms with Crippen LogP contribution in [-0.4, -0.2) is 21.8 Å². The molecule has 78 valence electrons. The zero-order chi connectivity index (χ0) is 10.9. The molecule has 0 amide bonds. The molecule has 0 saturated carbocycles. The van der Waals surface area contributed by atoms with Gasteiger partial charge < -0.3 is 10.5 Å². The van der Waals surface area contributed by atoms with Crippen LogP contribution >= 0.6 is 11.6 Å². The van der Waals surface area contributed by atoms with Crippen LogP contribution in [0.3, 0.4) is 0 Å². The highest BCUT2D eigenvalue weighted by Gasteiger charge is 2.16. The summed E-state index contributed by atoms with van der Waals surface area (Å²) in [6.45, 7) is 0. The van der Waals surface area contributed by atoms with Crippen molar-refractivity contribution in [2.45, 2.75) is 4.90 Å². The second-order valence-corrected chi connectivity index (χ2v) is 5.19. The molecule has 6 heteroatoms. The van der Waals surface area contributed by atoms with Gasteiger partial charge in [0.05, 0.1) is 17.8 Å². The zero-order valence-corrected chi connectivity index (χ0v) is 9.32. The molecule has 0 saturated heterocycles. The number of sulfone groups is 1. The molecule has 1 aromatic carbocycles. The maximum absolute atomic E-state index is 11.3. The largest absolute Gasteiger partial charge is 0.495 e. The van der Waals surface area contributed by atoms with Gasteiger partial charge >= 0.3 is 0 Å². The Balaban J connectivity index is 3.51. The van der Waals surface area contributed by atoms with Crippen LogP contribution in [0.5, 0.6) is 5.75 Å². The number of ether oxygens (including phenoxy) is 1. The van der Waals surface area contributed by atoms with Crippen molar-refractivity contribution in [1.29, 1.82) is 0 Å². The van der Waals surface area contributed by atoms with Gasteiger partial charge in [-0.1, -0.05) is 11.6 Å². The number of nitrogen functional groups attached to an aromatic ring is 1. The highest BCUT2D eigenvalue weighted by atomic mass is 35.5. The Morgan fingerprint density at radius 3 is 2.43 bits per heavy atom. The highest BCUT2D eigenvalue weighted by molar-refractivity contribution is 7.90. The summed E-state index contributed by atoms with van der Waals surface area (Å²) in [4.78, 5) is 0.0409. The predicted molar refractivity (Wildman–Crippen MR) is 55.5 cm³/mol.